The lowest BCUT2D eigenvalue weighted by Crippen LogP contribution is -2.34. The van der Waals surface area contributed by atoms with Crippen molar-refractivity contribution < 1.29 is 5.11 Å². The van der Waals surface area contributed by atoms with Crippen molar-refractivity contribution in [1.29, 1.82) is 0 Å². The molecule has 0 spiro atoms. The van der Waals surface area contributed by atoms with Crippen molar-refractivity contribution in [1.82, 2.24) is 5.32 Å². The van der Waals surface area contributed by atoms with E-state index in [0.29, 0.717) is 12.0 Å². The summed E-state index contributed by atoms with van der Waals surface area (Å²) in [4.78, 5) is 0. The fourth-order valence-electron chi connectivity index (χ4n) is 1.19. The van der Waals surface area contributed by atoms with Crippen molar-refractivity contribution in [3.05, 3.63) is 0 Å². The van der Waals surface area contributed by atoms with Crippen LogP contribution >= 0.6 is 0 Å². The molecule has 2 atom stereocenters. The van der Waals surface area contributed by atoms with Gasteiger partial charge in [0, 0.05) is 6.04 Å². The summed E-state index contributed by atoms with van der Waals surface area (Å²) in [6.45, 7) is 8.20. The maximum absolute atomic E-state index is 8.92. The van der Waals surface area contributed by atoms with Crippen molar-refractivity contribution in [2.75, 3.05) is 0 Å². The Morgan fingerprint density at radius 3 is 2.00 bits per heavy atom. The number of hydrogen-bond acceptors (Lipinski definition) is 2. The number of aliphatic hydroxyl groups is 1. The fraction of sp³-hybridized carbons (Fsp3) is 1.00. The molecule has 0 fully saturated rings. The second-order valence-corrected chi connectivity index (χ2v) is 3.37. The minimum atomic E-state index is -0.381. The Labute approximate surface area is 63.6 Å². The average Bonchev–Trinajstić information content (AvgIpc) is 1.58. The van der Waals surface area contributed by atoms with E-state index in [1.54, 1.807) is 6.92 Å². The monoisotopic (exact) mass is 145 g/mol. The zero-order valence-electron chi connectivity index (χ0n) is 7.39. The Kier molecular flexibility index (Phi) is 4.65. The van der Waals surface area contributed by atoms with Gasteiger partial charge in [-0.25, -0.2) is 0 Å². The van der Waals surface area contributed by atoms with Crippen LogP contribution in [0.2, 0.25) is 0 Å². The van der Waals surface area contributed by atoms with Gasteiger partial charge in [-0.05, 0) is 26.2 Å². The van der Waals surface area contributed by atoms with Gasteiger partial charge in [-0.3, -0.25) is 5.32 Å². The van der Waals surface area contributed by atoms with Crippen LogP contribution < -0.4 is 5.32 Å². The van der Waals surface area contributed by atoms with E-state index in [0.717, 1.165) is 6.42 Å². The summed E-state index contributed by atoms with van der Waals surface area (Å²) in [5.41, 5.74) is 0. The average molecular weight is 145 g/mol. The third kappa shape index (κ3) is 6.05. The molecule has 2 nitrogen and oxygen atoms in total. The van der Waals surface area contributed by atoms with Gasteiger partial charge in [-0.1, -0.05) is 13.8 Å². The van der Waals surface area contributed by atoms with Gasteiger partial charge >= 0.3 is 0 Å². The molecule has 0 aromatic heterocycles. The Morgan fingerprint density at radius 2 is 1.70 bits per heavy atom. The smallest absolute Gasteiger partial charge is 0.102 e. The molecular weight excluding hydrogens is 126 g/mol. The van der Waals surface area contributed by atoms with Crippen LogP contribution in [0.4, 0.5) is 0 Å². The maximum Gasteiger partial charge on any atom is 0.102 e. The molecular formula is C8H19NO. The summed E-state index contributed by atoms with van der Waals surface area (Å²) in [6.07, 6.45) is 0.735. The molecule has 0 aliphatic heterocycles. The Balaban J connectivity index is 3.34. The summed E-state index contributed by atoms with van der Waals surface area (Å²) in [5.74, 6) is 0.696. The minimum Gasteiger partial charge on any atom is -0.379 e. The molecule has 0 radical (unpaired) electrons. The first-order valence-electron chi connectivity index (χ1n) is 3.96. The van der Waals surface area contributed by atoms with E-state index in [2.05, 4.69) is 26.1 Å². The largest absolute Gasteiger partial charge is 0.379 e. The van der Waals surface area contributed by atoms with E-state index in [9.17, 15) is 0 Å². The third-order valence-corrected chi connectivity index (χ3v) is 1.35. The Bertz CT molecular complexity index is 71.3. The summed E-state index contributed by atoms with van der Waals surface area (Å²) < 4.78 is 0. The zero-order chi connectivity index (χ0) is 8.15. The molecule has 62 valence electrons. The molecule has 0 bridgehead atoms. The predicted molar refractivity (Wildman–Crippen MR) is 43.7 cm³/mol. The molecule has 0 amide bonds. The van der Waals surface area contributed by atoms with Crippen molar-refractivity contribution in [3.8, 4) is 0 Å². The van der Waals surface area contributed by atoms with E-state index in [4.69, 9.17) is 5.11 Å². The molecule has 2 unspecified atom stereocenters. The summed E-state index contributed by atoms with van der Waals surface area (Å²) in [7, 11) is 0. The standard InChI is InChI=1S/C8H19NO/c1-6(2)5-7(3)9-8(4)10/h6-10H,5H2,1-4H3. The molecule has 10 heavy (non-hydrogen) atoms. The molecule has 0 rings (SSSR count). The Morgan fingerprint density at radius 1 is 1.20 bits per heavy atom. The van der Waals surface area contributed by atoms with Gasteiger partial charge in [0.05, 0.1) is 0 Å². The van der Waals surface area contributed by atoms with Gasteiger partial charge in [0.25, 0.3) is 0 Å². The van der Waals surface area contributed by atoms with Gasteiger partial charge in [-0.15, -0.1) is 0 Å². The molecule has 0 aliphatic carbocycles. The van der Waals surface area contributed by atoms with Crippen molar-refractivity contribution in [2.45, 2.75) is 46.4 Å². The lowest BCUT2D eigenvalue weighted by atomic mass is 10.1. The molecule has 0 heterocycles. The lowest BCUT2D eigenvalue weighted by Gasteiger charge is -2.17. The first-order valence-corrected chi connectivity index (χ1v) is 3.96. The van der Waals surface area contributed by atoms with Gasteiger partial charge in [0.2, 0.25) is 0 Å². The Hall–Kier alpha value is -0.0800. The normalized spacial score (nSPS) is 17.4. The van der Waals surface area contributed by atoms with Crippen LogP contribution in [0.15, 0.2) is 0 Å². The van der Waals surface area contributed by atoms with E-state index < -0.39 is 0 Å². The van der Waals surface area contributed by atoms with Crippen LogP contribution in [0.1, 0.15) is 34.1 Å². The SMILES string of the molecule is CC(C)CC(C)NC(C)O. The maximum atomic E-state index is 8.92. The molecule has 0 saturated heterocycles. The highest BCUT2D eigenvalue weighted by Crippen LogP contribution is 2.03. The third-order valence-electron chi connectivity index (χ3n) is 1.35. The highest BCUT2D eigenvalue weighted by molar-refractivity contribution is 4.62. The molecule has 0 aromatic carbocycles. The number of nitrogens with one attached hydrogen (secondary N) is 1. The lowest BCUT2D eigenvalue weighted by molar-refractivity contribution is 0.139. The second kappa shape index (κ2) is 4.69. The molecule has 2 heteroatoms. The van der Waals surface area contributed by atoms with Gasteiger partial charge < -0.3 is 5.11 Å². The molecule has 2 N–H and O–H groups in total. The van der Waals surface area contributed by atoms with Crippen molar-refractivity contribution in [2.24, 2.45) is 5.92 Å². The van der Waals surface area contributed by atoms with Crippen LogP contribution in [-0.4, -0.2) is 17.4 Å². The molecule has 0 aliphatic rings. The summed E-state index contributed by atoms with van der Waals surface area (Å²) in [5, 5.41) is 12.0. The first kappa shape index (κ1) is 9.92. The van der Waals surface area contributed by atoms with E-state index in [1.165, 1.54) is 0 Å². The zero-order valence-corrected chi connectivity index (χ0v) is 7.39. The first-order chi connectivity index (χ1) is 4.52. The number of rotatable bonds is 4. The van der Waals surface area contributed by atoms with Gasteiger partial charge in [-0.2, -0.15) is 0 Å². The van der Waals surface area contributed by atoms with Crippen LogP contribution in [-0.2, 0) is 0 Å². The van der Waals surface area contributed by atoms with E-state index in [-0.39, 0.29) is 6.23 Å². The highest BCUT2D eigenvalue weighted by Gasteiger charge is 2.05. The number of aliphatic hydroxyl groups excluding tert-OH is 1. The van der Waals surface area contributed by atoms with Crippen LogP contribution in [0, 0.1) is 5.92 Å². The van der Waals surface area contributed by atoms with Crippen LogP contribution in [0.3, 0.4) is 0 Å². The van der Waals surface area contributed by atoms with Gasteiger partial charge in [0.15, 0.2) is 0 Å². The summed E-state index contributed by atoms with van der Waals surface area (Å²) in [6, 6.07) is 0.417. The van der Waals surface area contributed by atoms with Crippen LogP contribution in [0.5, 0.6) is 0 Å². The van der Waals surface area contributed by atoms with E-state index >= 15 is 0 Å². The quantitative estimate of drug-likeness (QED) is 0.585. The van der Waals surface area contributed by atoms with Crippen molar-refractivity contribution >= 4 is 0 Å². The van der Waals surface area contributed by atoms with Crippen LogP contribution in [0.25, 0.3) is 0 Å². The molecule has 0 saturated carbocycles. The van der Waals surface area contributed by atoms with E-state index in [1.807, 2.05) is 0 Å². The molecule has 0 aromatic rings. The summed E-state index contributed by atoms with van der Waals surface area (Å²) >= 11 is 0. The van der Waals surface area contributed by atoms with Gasteiger partial charge in [0.1, 0.15) is 6.23 Å². The fourth-order valence-corrected chi connectivity index (χ4v) is 1.19. The van der Waals surface area contributed by atoms with Crippen molar-refractivity contribution in [3.63, 3.8) is 0 Å². The second-order valence-electron chi connectivity index (χ2n) is 3.37. The highest BCUT2D eigenvalue weighted by atomic mass is 16.3. The predicted octanol–water partition coefficient (Wildman–Crippen LogP) is 1.35. The topological polar surface area (TPSA) is 32.3 Å². The minimum absolute atomic E-state index is 0.381. The number of hydrogen-bond donors (Lipinski definition) is 2.